The highest BCUT2D eigenvalue weighted by molar-refractivity contribution is 6.25. The summed E-state index contributed by atoms with van der Waals surface area (Å²) < 4.78 is 0. The molecule has 1 rings (SSSR count). The van der Waals surface area contributed by atoms with Crippen molar-refractivity contribution in [3.05, 3.63) is 23.8 Å². The Hall–Kier alpha value is -0.780. The minimum Gasteiger partial charge on any atom is -0.309 e. The second-order valence-corrected chi connectivity index (χ2v) is 2.95. The number of halogens is 1. The molecule has 10 heavy (non-hydrogen) atoms. The number of hydrogen-bond donors (Lipinski definition) is 1. The quantitative estimate of drug-likeness (QED) is 0.422. The summed E-state index contributed by atoms with van der Waals surface area (Å²) in [5.74, 6) is 0. The Kier molecular flexibility index (Phi) is 1.80. The molecule has 0 saturated carbocycles. The fourth-order valence-corrected chi connectivity index (χ4v) is 1.01. The molecular weight excluding hydrogens is 148 g/mol. The molecule has 3 heteroatoms. The third-order valence-electron chi connectivity index (χ3n) is 1.25. The lowest BCUT2D eigenvalue weighted by Gasteiger charge is -2.17. The highest BCUT2D eigenvalue weighted by atomic mass is 35.5. The molecule has 0 bridgehead atoms. The first kappa shape index (κ1) is 7.33. The number of alkyl halides is 1. The van der Waals surface area contributed by atoms with Crippen LogP contribution in [0.4, 0.5) is 0 Å². The van der Waals surface area contributed by atoms with Crippen molar-refractivity contribution in [3.63, 3.8) is 0 Å². The van der Waals surface area contributed by atoms with E-state index >= 15 is 0 Å². The van der Waals surface area contributed by atoms with Gasteiger partial charge >= 0.3 is 0 Å². The lowest BCUT2D eigenvalue weighted by molar-refractivity contribution is 0.739. The van der Waals surface area contributed by atoms with E-state index in [1.165, 1.54) is 0 Å². The van der Waals surface area contributed by atoms with Crippen LogP contribution in [0.2, 0.25) is 0 Å². The van der Waals surface area contributed by atoms with E-state index in [9.17, 15) is 0 Å². The predicted molar refractivity (Wildman–Crippen MR) is 40.2 cm³/mol. The van der Waals surface area contributed by atoms with Crippen LogP contribution in [0, 0.1) is 11.3 Å². The first-order valence-corrected chi connectivity index (χ1v) is 3.29. The molecule has 0 aromatic rings. The average Bonchev–Trinajstić information content (AvgIpc) is 1.86. The lowest BCUT2D eigenvalue weighted by atomic mass is 10.0. The van der Waals surface area contributed by atoms with E-state index in [4.69, 9.17) is 22.6 Å². The molecule has 0 aliphatic heterocycles. The summed E-state index contributed by atoms with van der Waals surface area (Å²) in [6, 6.07) is 1.97. The summed E-state index contributed by atoms with van der Waals surface area (Å²) in [7, 11) is 0. The van der Waals surface area contributed by atoms with Gasteiger partial charge in [-0.2, -0.15) is 5.26 Å². The summed E-state index contributed by atoms with van der Waals surface area (Å²) in [5, 5.41) is 8.44. The number of nitrogens with zero attached hydrogens (tertiary/aromatic N) is 1. The molecule has 0 amide bonds. The van der Waals surface area contributed by atoms with Gasteiger partial charge in [0.2, 0.25) is 0 Å². The molecule has 2 nitrogen and oxygen atoms in total. The van der Waals surface area contributed by atoms with E-state index in [0.717, 1.165) is 0 Å². The van der Waals surface area contributed by atoms with Gasteiger partial charge < -0.3 is 5.73 Å². The van der Waals surface area contributed by atoms with E-state index in [1.54, 1.807) is 18.2 Å². The molecule has 0 heterocycles. The number of hydrogen-bond acceptors (Lipinski definition) is 2. The lowest BCUT2D eigenvalue weighted by Crippen LogP contribution is -2.31. The molecule has 0 radical (unpaired) electrons. The van der Waals surface area contributed by atoms with Crippen LogP contribution in [-0.4, -0.2) is 5.00 Å². The summed E-state index contributed by atoms with van der Waals surface area (Å²) in [4.78, 5) is -0.847. The normalized spacial score (nSPS) is 31.1. The fraction of sp³-hybridized carbons (Fsp3) is 0.286. The third-order valence-corrected chi connectivity index (χ3v) is 1.52. The van der Waals surface area contributed by atoms with Crippen LogP contribution < -0.4 is 5.73 Å². The summed E-state index contributed by atoms with van der Waals surface area (Å²) in [5.41, 5.74) is 6.06. The largest absolute Gasteiger partial charge is 0.309 e. The topological polar surface area (TPSA) is 49.8 Å². The van der Waals surface area contributed by atoms with Crippen LogP contribution in [0.3, 0.4) is 0 Å². The zero-order valence-corrected chi connectivity index (χ0v) is 6.10. The average molecular weight is 155 g/mol. The molecule has 0 aromatic carbocycles. The maximum absolute atomic E-state index is 8.44. The zero-order valence-electron chi connectivity index (χ0n) is 5.34. The summed E-state index contributed by atoms with van der Waals surface area (Å²) in [6.07, 6.45) is 5.66. The van der Waals surface area contributed by atoms with Crippen molar-refractivity contribution in [1.29, 1.82) is 5.26 Å². The molecular formula is C7H7ClN2. The van der Waals surface area contributed by atoms with Crippen LogP contribution in [-0.2, 0) is 0 Å². The van der Waals surface area contributed by atoms with Crippen molar-refractivity contribution in [2.75, 3.05) is 0 Å². The van der Waals surface area contributed by atoms with E-state index in [0.29, 0.717) is 12.0 Å². The molecule has 0 aromatic heterocycles. The summed E-state index contributed by atoms with van der Waals surface area (Å²) in [6.45, 7) is 0. The molecule has 1 aliphatic carbocycles. The first-order valence-electron chi connectivity index (χ1n) is 2.91. The van der Waals surface area contributed by atoms with Gasteiger partial charge in [0.05, 0.1) is 11.6 Å². The van der Waals surface area contributed by atoms with Gasteiger partial charge in [-0.3, -0.25) is 0 Å². The molecule has 1 atom stereocenters. The maximum Gasteiger partial charge on any atom is 0.115 e. The second-order valence-electron chi connectivity index (χ2n) is 2.24. The van der Waals surface area contributed by atoms with Crippen molar-refractivity contribution in [2.45, 2.75) is 11.4 Å². The Morgan fingerprint density at radius 3 is 2.90 bits per heavy atom. The van der Waals surface area contributed by atoms with E-state index < -0.39 is 5.00 Å². The van der Waals surface area contributed by atoms with Gasteiger partial charge in [-0.25, -0.2) is 0 Å². The monoisotopic (exact) mass is 154 g/mol. The van der Waals surface area contributed by atoms with Crippen molar-refractivity contribution < 1.29 is 0 Å². The Morgan fingerprint density at radius 1 is 1.80 bits per heavy atom. The van der Waals surface area contributed by atoms with Gasteiger partial charge in [-0.05, 0) is 12.2 Å². The summed E-state index contributed by atoms with van der Waals surface area (Å²) >= 11 is 5.74. The van der Waals surface area contributed by atoms with Crippen LogP contribution in [0.5, 0.6) is 0 Å². The molecule has 2 N–H and O–H groups in total. The van der Waals surface area contributed by atoms with Crippen LogP contribution in [0.15, 0.2) is 23.8 Å². The second kappa shape index (κ2) is 2.45. The van der Waals surface area contributed by atoms with Gasteiger partial charge in [0.1, 0.15) is 5.00 Å². The van der Waals surface area contributed by atoms with Crippen LogP contribution in [0.1, 0.15) is 6.42 Å². The number of nitrogens with two attached hydrogens (primary N) is 1. The van der Waals surface area contributed by atoms with E-state index in [2.05, 4.69) is 0 Å². The third kappa shape index (κ3) is 1.60. The first-order chi connectivity index (χ1) is 4.64. The molecule has 0 spiro atoms. The van der Waals surface area contributed by atoms with Crippen LogP contribution >= 0.6 is 11.6 Å². The van der Waals surface area contributed by atoms with Gasteiger partial charge in [0.15, 0.2) is 0 Å². The number of rotatable bonds is 0. The SMILES string of the molecule is N#CC1=C[C@](N)(Cl)CC=C1. The highest BCUT2D eigenvalue weighted by Crippen LogP contribution is 2.21. The van der Waals surface area contributed by atoms with Gasteiger partial charge in [-0.1, -0.05) is 17.7 Å². The molecule has 1 aliphatic rings. The standard InChI is InChI=1S/C7H7ClN2/c8-7(10)3-1-2-6(4-7)5-9/h1-2,4H,3,10H2/t7-/m0/s1. The fourth-order valence-electron chi connectivity index (χ4n) is 0.802. The smallest absolute Gasteiger partial charge is 0.115 e. The number of nitriles is 1. The van der Waals surface area contributed by atoms with E-state index in [-0.39, 0.29) is 0 Å². The van der Waals surface area contributed by atoms with Crippen molar-refractivity contribution in [2.24, 2.45) is 5.73 Å². The maximum atomic E-state index is 8.44. The van der Waals surface area contributed by atoms with Crippen LogP contribution in [0.25, 0.3) is 0 Å². The minimum absolute atomic E-state index is 0.531. The highest BCUT2D eigenvalue weighted by Gasteiger charge is 2.19. The molecule has 0 fully saturated rings. The molecule has 0 saturated heterocycles. The number of allylic oxidation sites excluding steroid dienone is 2. The van der Waals surface area contributed by atoms with Gasteiger partial charge in [0, 0.05) is 6.42 Å². The Bertz CT molecular complexity index is 232. The van der Waals surface area contributed by atoms with E-state index in [1.807, 2.05) is 6.07 Å². The van der Waals surface area contributed by atoms with Gasteiger partial charge in [0.25, 0.3) is 0 Å². The Morgan fingerprint density at radius 2 is 2.50 bits per heavy atom. The minimum atomic E-state index is -0.847. The van der Waals surface area contributed by atoms with Crippen molar-refractivity contribution in [3.8, 4) is 6.07 Å². The predicted octanol–water partition coefficient (Wildman–Crippen LogP) is 1.29. The molecule has 52 valence electrons. The zero-order chi connectivity index (χ0) is 7.61. The van der Waals surface area contributed by atoms with Crippen molar-refractivity contribution >= 4 is 11.6 Å². The van der Waals surface area contributed by atoms with Crippen molar-refractivity contribution in [1.82, 2.24) is 0 Å². The Balaban J connectivity index is 2.88. The Labute approximate surface area is 64.6 Å². The van der Waals surface area contributed by atoms with Gasteiger partial charge in [-0.15, -0.1) is 0 Å². The molecule has 0 unspecified atom stereocenters.